The number of aromatic nitrogens is 3. The quantitative estimate of drug-likeness (QED) is 0.817. The normalized spacial score (nSPS) is 10.7. The summed E-state index contributed by atoms with van der Waals surface area (Å²) in [5.41, 5.74) is 1.89. The molecule has 0 spiro atoms. The molecule has 2 heterocycles. The molecule has 0 fully saturated rings. The number of carbonyl (C=O) groups is 1. The molecule has 0 unspecified atom stereocenters. The molecule has 22 heavy (non-hydrogen) atoms. The van der Waals surface area contributed by atoms with Gasteiger partial charge in [0.1, 0.15) is 5.56 Å². The average Bonchev–Trinajstić information content (AvgIpc) is 3.01. The topological polar surface area (TPSA) is 68.9 Å². The molecule has 0 saturated heterocycles. The van der Waals surface area contributed by atoms with Gasteiger partial charge in [0, 0.05) is 38.2 Å². The van der Waals surface area contributed by atoms with Crippen LogP contribution in [-0.2, 0) is 20.0 Å². The van der Waals surface area contributed by atoms with Crippen molar-refractivity contribution in [1.29, 1.82) is 0 Å². The lowest BCUT2D eigenvalue weighted by Gasteiger charge is -2.12. The number of nitrogens with zero attached hydrogens (tertiary/aromatic N) is 3. The van der Waals surface area contributed by atoms with Crippen molar-refractivity contribution in [3.63, 3.8) is 0 Å². The van der Waals surface area contributed by atoms with E-state index >= 15 is 0 Å². The predicted molar refractivity (Wildman–Crippen MR) is 85.0 cm³/mol. The lowest BCUT2D eigenvalue weighted by molar-refractivity contribution is 0.0950. The molecule has 0 aliphatic heterocycles. The van der Waals surface area contributed by atoms with Crippen molar-refractivity contribution in [2.24, 2.45) is 7.05 Å². The second kappa shape index (κ2) is 7.06. The minimum absolute atomic E-state index is 0.208. The fraction of sp³-hybridized carbons (Fsp3) is 0.438. The van der Waals surface area contributed by atoms with Crippen LogP contribution in [-0.4, -0.2) is 26.6 Å². The highest BCUT2D eigenvalue weighted by atomic mass is 16.2. The molecule has 1 N–H and O–H groups in total. The number of rotatable bonds is 6. The number of imidazole rings is 1. The van der Waals surface area contributed by atoms with E-state index in [0.29, 0.717) is 6.54 Å². The van der Waals surface area contributed by atoms with Crippen LogP contribution in [0.1, 0.15) is 35.0 Å². The number of aryl methyl sites for hydroxylation is 2. The van der Waals surface area contributed by atoms with Gasteiger partial charge in [-0.15, -0.1) is 0 Å². The van der Waals surface area contributed by atoms with Crippen molar-refractivity contribution in [3.8, 4) is 0 Å². The molecule has 0 atom stereocenters. The summed E-state index contributed by atoms with van der Waals surface area (Å²) in [6.07, 6.45) is 6.90. The predicted octanol–water partition coefficient (Wildman–Crippen LogP) is 1.27. The van der Waals surface area contributed by atoms with Gasteiger partial charge in [-0.05, 0) is 31.4 Å². The average molecular weight is 302 g/mol. The summed E-state index contributed by atoms with van der Waals surface area (Å²) in [5, 5.41) is 2.81. The van der Waals surface area contributed by atoms with Gasteiger partial charge in [-0.25, -0.2) is 4.98 Å². The van der Waals surface area contributed by atoms with E-state index in [1.807, 2.05) is 24.6 Å². The van der Waals surface area contributed by atoms with E-state index in [9.17, 15) is 9.59 Å². The molecule has 0 bridgehead atoms. The summed E-state index contributed by atoms with van der Waals surface area (Å²) in [6, 6.07) is 1.69. The lowest BCUT2D eigenvalue weighted by Crippen LogP contribution is -2.34. The molecule has 0 radical (unpaired) electrons. The third-order valence-electron chi connectivity index (χ3n) is 3.77. The maximum absolute atomic E-state index is 12.3. The van der Waals surface area contributed by atoms with Crippen LogP contribution in [0.5, 0.6) is 0 Å². The fourth-order valence-electron chi connectivity index (χ4n) is 2.59. The number of hydrogen-bond acceptors (Lipinski definition) is 3. The molecular weight excluding hydrogens is 280 g/mol. The molecule has 118 valence electrons. The monoisotopic (exact) mass is 302 g/mol. The number of hydrogen-bond donors (Lipinski definition) is 1. The zero-order valence-electron chi connectivity index (χ0n) is 13.3. The largest absolute Gasteiger partial charge is 0.352 e. The van der Waals surface area contributed by atoms with Crippen molar-refractivity contribution >= 4 is 5.91 Å². The molecule has 6 nitrogen and oxygen atoms in total. The SMILES string of the molecule is CCc1c(C)cc(C(=O)NCCCn2ccnc2)c(=O)n1C. The molecule has 2 rings (SSSR count). The van der Waals surface area contributed by atoms with Crippen LogP contribution in [0.3, 0.4) is 0 Å². The van der Waals surface area contributed by atoms with Crippen LogP contribution in [0.15, 0.2) is 29.6 Å². The Bertz CT molecular complexity index is 702. The molecule has 0 aliphatic carbocycles. The highest BCUT2D eigenvalue weighted by Gasteiger charge is 2.14. The summed E-state index contributed by atoms with van der Waals surface area (Å²) in [5.74, 6) is -0.308. The van der Waals surface area contributed by atoms with E-state index in [0.717, 1.165) is 30.6 Å². The highest BCUT2D eigenvalue weighted by Crippen LogP contribution is 2.07. The Morgan fingerprint density at radius 3 is 2.82 bits per heavy atom. The third kappa shape index (κ3) is 3.44. The van der Waals surface area contributed by atoms with Crippen molar-refractivity contribution in [3.05, 3.63) is 52.0 Å². The van der Waals surface area contributed by atoms with Crippen molar-refractivity contribution < 1.29 is 4.79 Å². The molecule has 1 amide bonds. The van der Waals surface area contributed by atoms with Gasteiger partial charge >= 0.3 is 0 Å². The summed E-state index contributed by atoms with van der Waals surface area (Å²) in [7, 11) is 1.71. The van der Waals surface area contributed by atoms with Gasteiger partial charge in [-0.3, -0.25) is 9.59 Å². The van der Waals surface area contributed by atoms with Crippen molar-refractivity contribution in [1.82, 2.24) is 19.4 Å². The van der Waals surface area contributed by atoms with Gasteiger partial charge in [0.25, 0.3) is 11.5 Å². The molecule has 0 aliphatic rings. The van der Waals surface area contributed by atoms with Crippen LogP contribution >= 0.6 is 0 Å². The molecular formula is C16H22N4O2. The first-order valence-corrected chi connectivity index (χ1v) is 7.48. The van der Waals surface area contributed by atoms with E-state index in [1.165, 1.54) is 0 Å². The van der Waals surface area contributed by atoms with Gasteiger partial charge in [0.15, 0.2) is 0 Å². The zero-order chi connectivity index (χ0) is 16.1. The van der Waals surface area contributed by atoms with E-state index in [1.54, 1.807) is 30.2 Å². The van der Waals surface area contributed by atoms with Gasteiger partial charge in [0.05, 0.1) is 6.33 Å². The summed E-state index contributed by atoms with van der Waals surface area (Å²) < 4.78 is 3.51. The van der Waals surface area contributed by atoms with Gasteiger partial charge < -0.3 is 14.5 Å². The van der Waals surface area contributed by atoms with Crippen LogP contribution in [0.25, 0.3) is 0 Å². The number of carbonyl (C=O) groups excluding carboxylic acids is 1. The third-order valence-corrected chi connectivity index (χ3v) is 3.77. The summed E-state index contributed by atoms with van der Waals surface area (Å²) >= 11 is 0. The summed E-state index contributed by atoms with van der Waals surface area (Å²) in [6.45, 7) is 5.23. The molecule has 0 saturated carbocycles. The van der Waals surface area contributed by atoms with Gasteiger partial charge in [-0.1, -0.05) is 6.92 Å². The summed E-state index contributed by atoms with van der Waals surface area (Å²) in [4.78, 5) is 28.4. The van der Waals surface area contributed by atoms with Crippen molar-refractivity contribution in [2.45, 2.75) is 33.2 Å². The smallest absolute Gasteiger partial charge is 0.263 e. The van der Waals surface area contributed by atoms with E-state index in [-0.39, 0.29) is 17.0 Å². The Labute approximate surface area is 129 Å². The van der Waals surface area contributed by atoms with E-state index < -0.39 is 0 Å². The van der Waals surface area contributed by atoms with Crippen LogP contribution in [0.2, 0.25) is 0 Å². The first-order valence-electron chi connectivity index (χ1n) is 7.48. The minimum Gasteiger partial charge on any atom is -0.352 e. The second-order valence-corrected chi connectivity index (χ2v) is 5.32. The number of pyridine rings is 1. The fourth-order valence-corrected chi connectivity index (χ4v) is 2.59. The number of amides is 1. The maximum atomic E-state index is 12.3. The van der Waals surface area contributed by atoms with Gasteiger partial charge in [-0.2, -0.15) is 0 Å². The Morgan fingerprint density at radius 2 is 2.18 bits per heavy atom. The van der Waals surface area contributed by atoms with Crippen LogP contribution < -0.4 is 10.9 Å². The zero-order valence-corrected chi connectivity index (χ0v) is 13.3. The molecule has 0 aromatic carbocycles. The maximum Gasteiger partial charge on any atom is 0.263 e. The first-order chi connectivity index (χ1) is 10.5. The Morgan fingerprint density at radius 1 is 1.41 bits per heavy atom. The second-order valence-electron chi connectivity index (χ2n) is 5.32. The molecule has 6 heteroatoms. The van der Waals surface area contributed by atoms with Crippen LogP contribution in [0.4, 0.5) is 0 Å². The number of nitrogens with one attached hydrogen (secondary N) is 1. The minimum atomic E-state index is -0.308. The Balaban J connectivity index is 1.99. The molecule has 2 aromatic rings. The first kappa shape index (κ1) is 16.0. The van der Waals surface area contributed by atoms with E-state index in [4.69, 9.17) is 0 Å². The Hall–Kier alpha value is -2.37. The Kier molecular flexibility index (Phi) is 5.14. The lowest BCUT2D eigenvalue weighted by atomic mass is 10.1. The highest BCUT2D eigenvalue weighted by molar-refractivity contribution is 5.94. The standard InChI is InChI=1S/C16H22N4O2/c1-4-14-12(2)10-13(16(22)19(14)3)15(21)18-6-5-8-20-9-7-17-11-20/h7,9-11H,4-6,8H2,1-3H3,(H,18,21). The molecule has 2 aromatic heterocycles. The van der Waals surface area contributed by atoms with Crippen molar-refractivity contribution in [2.75, 3.05) is 6.54 Å². The van der Waals surface area contributed by atoms with Crippen LogP contribution in [0, 0.1) is 6.92 Å². The van der Waals surface area contributed by atoms with Gasteiger partial charge in [0.2, 0.25) is 0 Å². The van der Waals surface area contributed by atoms with E-state index in [2.05, 4.69) is 10.3 Å².